The summed E-state index contributed by atoms with van der Waals surface area (Å²) in [5.41, 5.74) is 1.98. The fourth-order valence-corrected chi connectivity index (χ4v) is 3.53. The predicted molar refractivity (Wildman–Crippen MR) is 126 cm³/mol. The summed E-state index contributed by atoms with van der Waals surface area (Å²) in [7, 11) is 3.60. The number of rotatable bonds is 10. The van der Waals surface area contributed by atoms with E-state index in [1.54, 1.807) is 28.6 Å². The first kappa shape index (κ1) is 24.0. The van der Waals surface area contributed by atoms with Crippen LogP contribution in [0.1, 0.15) is 46.8 Å². The molecule has 1 N–H and O–H groups in total. The van der Waals surface area contributed by atoms with Gasteiger partial charge in [0.2, 0.25) is 0 Å². The molecule has 3 aromatic rings. The van der Waals surface area contributed by atoms with Crippen molar-refractivity contribution in [2.24, 2.45) is 7.05 Å². The van der Waals surface area contributed by atoms with Crippen LogP contribution in [0.3, 0.4) is 0 Å². The minimum Gasteiger partial charge on any atom is -0.461 e. The summed E-state index contributed by atoms with van der Waals surface area (Å²) in [6, 6.07) is 15.2. The van der Waals surface area contributed by atoms with Crippen LogP contribution in [-0.2, 0) is 13.5 Å². The number of nitrogens with one attached hydrogen (secondary N) is 1. The third-order valence-corrected chi connectivity index (χ3v) is 5.32. The Hall–Kier alpha value is -3.68. The van der Waals surface area contributed by atoms with Crippen LogP contribution >= 0.6 is 0 Å². The molecule has 3 rings (SSSR count). The molecule has 2 aromatic heterocycles. The van der Waals surface area contributed by atoms with Crippen molar-refractivity contribution in [3.05, 3.63) is 77.9 Å². The second-order valence-electron chi connectivity index (χ2n) is 8.20. The molecule has 33 heavy (non-hydrogen) atoms. The van der Waals surface area contributed by atoms with Crippen LogP contribution in [-0.4, -0.2) is 57.0 Å². The molecule has 0 radical (unpaired) electrons. The van der Waals surface area contributed by atoms with Gasteiger partial charge in [-0.25, -0.2) is 4.98 Å². The molecule has 0 saturated carbocycles. The molecular formula is C25H31N5O3. The quantitative estimate of drug-likeness (QED) is 0.514. The molecule has 174 valence electrons. The van der Waals surface area contributed by atoms with Crippen LogP contribution in [0.5, 0.6) is 6.01 Å². The van der Waals surface area contributed by atoms with E-state index in [9.17, 15) is 9.59 Å². The maximum atomic E-state index is 13.2. The van der Waals surface area contributed by atoms with E-state index < -0.39 is 0 Å². The van der Waals surface area contributed by atoms with Gasteiger partial charge in [0.05, 0.1) is 6.10 Å². The topological polar surface area (TPSA) is 89.4 Å². The van der Waals surface area contributed by atoms with E-state index >= 15 is 0 Å². The standard InChI is InChI=1S/C25H31N5O3/c1-18(2)33-25-27-15-13-21(28-25)24(32)30(4)20(17-19-9-6-5-7-10-19)12-14-26-23(31)22-11-8-16-29(22)3/h5-11,13,15-16,18,20H,12,14,17H2,1-4H3,(H,26,31). The van der Waals surface area contributed by atoms with Crippen LogP contribution in [0, 0.1) is 0 Å². The van der Waals surface area contributed by atoms with Crippen molar-refractivity contribution in [3.8, 4) is 6.01 Å². The van der Waals surface area contributed by atoms with Gasteiger partial charge in [0.25, 0.3) is 11.8 Å². The molecule has 2 amide bonds. The second-order valence-corrected chi connectivity index (χ2v) is 8.20. The molecule has 0 bridgehead atoms. The first-order valence-electron chi connectivity index (χ1n) is 11.1. The Kier molecular flexibility index (Phi) is 8.18. The second kappa shape index (κ2) is 11.3. The van der Waals surface area contributed by atoms with Crippen molar-refractivity contribution in [3.63, 3.8) is 0 Å². The fraction of sp³-hybridized carbons (Fsp3) is 0.360. The van der Waals surface area contributed by atoms with Gasteiger partial charge in [-0.15, -0.1) is 0 Å². The molecule has 0 aliphatic rings. The van der Waals surface area contributed by atoms with E-state index in [0.29, 0.717) is 25.1 Å². The van der Waals surface area contributed by atoms with Crippen LogP contribution in [0.15, 0.2) is 60.9 Å². The molecule has 8 nitrogen and oxygen atoms in total. The molecule has 0 aliphatic heterocycles. The summed E-state index contributed by atoms with van der Waals surface area (Å²) in [5, 5.41) is 2.96. The Morgan fingerprint density at radius 3 is 2.55 bits per heavy atom. The zero-order valence-corrected chi connectivity index (χ0v) is 19.6. The number of aryl methyl sites for hydroxylation is 1. The van der Waals surface area contributed by atoms with E-state index in [0.717, 1.165) is 5.56 Å². The van der Waals surface area contributed by atoms with Gasteiger partial charge in [0, 0.05) is 39.1 Å². The summed E-state index contributed by atoms with van der Waals surface area (Å²) in [4.78, 5) is 35.7. The van der Waals surface area contributed by atoms with E-state index in [1.807, 2.05) is 63.5 Å². The molecular weight excluding hydrogens is 418 g/mol. The smallest absolute Gasteiger partial charge is 0.317 e. The predicted octanol–water partition coefficient (Wildman–Crippen LogP) is 3.11. The molecule has 1 unspecified atom stereocenters. The summed E-state index contributed by atoms with van der Waals surface area (Å²) in [6.07, 6.45) is 4.51. The number of ether oxygens (including phenoxy) is 1. The number of aromatic nitrogens is 3. The number of likely N-dealkylation sites (N-methyl/N-ethyl adjacent to an activating group) is 1. The molecule has 1 aromatic carbocycles. The zero-order chi connectivity index (χ0) is 23.8. The highest BCUT2D eigenvalue weighted by Gasteiger charge is 2.23. The first-order valence-corrected chi connectivity index (χ1v) is 11.1. The Balaban J connectivity index is 1.71. The molecule has 0 fully saturated rings. The van der Waals surface area contributed by atoms with Crippen molar-refractivity contribution in [2.75, 3.05) is 13.6 Å². The van der Waals surface area contributed by atoms with Crippen LogP contribution < -0.4 is 10.1 Å². The number of hydrogen-bond acceptors (Lipinski definition) is 5. The molecule has 0 spiro atoms. The lowest BCUT2D eigenvalue weighted by atomic mass is 10.0. The van der Waals surface area contributed by atoms with Crippen molar-refractivity contribution in [1.82, 2.24) is 24.8 Å². The highest BCUT2D eigenvalue weighted by Crippen LogP contribution is 2.15. The lowest BCUT2D eigenvalue weighted by Gasteiger charge is -2.28. The number of amides is 2. The highest BCUT2D eigenvalue weighted by atomic mass is 16.5. The van der Waals surface area contributed by atoms with Gasteiger partial charge in [0.1, 0.15) is 11.4 Å². The van der Waals surface area contributed by atoms with Gasteiger partial charge in [-0.2, -0.15) is 4.98 Å². The molecule has 2 heterocycles. The van der Waals surface area contributed by atoms with E-state index in [2.05, 4.69) is 15.3 Å². The number of nitrogens with zero attached hydrogens (tertiary/aromatic N) is 4. The monoisotopic (exact) mass is 449 g/mol. The van der Waals surface area contributed by atoms with E-state index in [-0.39, 0.29) is 35.7 Å². The largest absolute Gasteiger partial charge is 0.461 e. The minimum atomic E-state index is -0.222. The lowest BCUT2D eigenvalue weighted by Crippen LogP contribution is -2.41. The number of benzene rings is 1. The number of carbonyl (C=O) groups excluding carboxylic acids is 2. The van der Waals surface area contributed by atoms with Crippen molar-refractivity contribution < 1.29 is 14.3 Å². The lowest BCUT2D eigenvalue weighted by molar-refractivity contribution is 0.0714. The molecule has 0 saturated heterocycles. The molecule has 0 aliphatic carbocycles. The average Bonchev–Trinajstić information content (AvgIpc) is 3.23. The van der Waals surface area contributed by atoms with Crippen LogP contribution in [0.4, 0.5) is 0 Å². The third kappa shape index (κ3) is 6.65. The maximum Gasteiger partial charge on any atom is 0.317 e. The maximum absolute atomic E-state index is 13.2. The SMILES string of the molecule is CC(C)Oc1nccc(C(=O)N(C)C(CCNC(=O)c2cccn2C)Cc2ccccc2)n1. The van der Waals surface area contributed by atoms with Gasteiger partial charge in [-0.1, -0.05) is 30.3 Å². The summed E-state index contributed by atoms with van der Waals surface area (Å²) < 4.78 is 7.31. The fourth-order valence-electron chi connectivity index (χ4n) is 3.53. The van der Waals surface area contributed by atoms with Gasteiger partial charge in [0.15, 0.2) is 0 Å². The summed E-state index contributed by atoms with van der Waals surface area (Å²) in [6.45, 7) is 4.19. The van der Waals surface area contributed by atoms with Crippen LogP contribution in [0.25, 0.3) is 0 Å². The van der Waals surface area contributed by atoms with Crippen molar-refractivity contribution in [1.29, 1.82) is 0 Å². The molecule has 1 atom stereocenters. The Morgan fingerprint density at radius 1 is 1.12 bits per heavy atom. The molecule has 8 heteroatoms. The van der Waals surface area contributed by atoms with E-state index in [4.69, 9.17) is 4.74 Å². The Morgan fingerprint density at radius 2 is 1.88 bits per heavy atom. The zero-order valence-electron chi connectivity index (χ0n) is 19.6. The first-order chi connectivity index (χ1) is 15.8. The number of carbonyl (C=O) groups is 2. The Bertz CT molecular complexity index is 1060. The average molecular weight is 450 g/mol. The Labute approximate surface area is 194 Å². The van der Waals surface area contributed by atoms with Gasteiger partial charge in [-0.3, -0.25) is 9.59 Å². The van der Waals surface area contributed by atoms with E-state index in [1.165, 1.54) is 6.20 Å². The number of hydrogen-bond donors (Lipinski definition) is 1. The van der Waals surface area contributed by atoms with Crippen LogP contribution in [0.2, 0.25) is 0 Å². The third-order valence-electron chi connectivity index (χ3n) is 5.32. The highest BCUT2D eigenvalue weighted by molar-refractivity contribution is 5.93. The van der Waals surface area contributed by atoms with Crippen molar-refractivity contribution in [2.45, 2.75) is 38.8 Å². The van der Waals surface area contributed by atoms with Gasteiger partial charge in [-0.05, 0) is 50.5 Å². The summed E-state index contributed by atoms with van der Waals surface area (Å²) >= 11 is 0. The van der Waals surface area contributed by atoms with Gasteiger partial charge >= 0.3 is 6.01 Å². The normalized spacial score (nSPS) is 11.8. The minimum absolute atomic E-state index is 0.0910. The van der Waals surface area contributed by atoms with Gasteiger partial charge < -0.3 is 19.5 Å². The van der Waals surface area contributed by atoms with Crippen molar-refractivity contribution >= 4 is 11.8 Å². The summed E-state index contributed by atoms with van der Waals surface area (Å²) in [5.74, 6) is -0.359.